The van der Waals surface area contributed by atoms with E-state index in [0.717, 1.165) is 4.88 Å². The monoisotopic (exact) mass is 243 g/mol. The molecule has 0 amide bonds. The van der Waals surface area contributed by atoms with Crippen molar-refractivity contribution in [2.45, 2.75) is 6.92 Å². The molecule has 3 nitrogen and oxygen atoms in total. The Kier molecular flexibility index (Phi) is 3.22. The Hall–Kier alpha value is -2.12. The second-order valence-corrected chi connectivity index (χ2v) is 4.49. The highest BCUT2D eigenvalue weighted by Gasteiger charge is 2.08. The third-order valence-corrected chi connectivity index (χ3v) is 3.39. The molecule has 0 aliphatic rings. The predicted molar refractivity (Wildman–Crippen MR) is 66.5 cm³/mol. The number of carbonyl (C=O) groups excluding carboxylic acids is 1. The molecule has 0 radical (unpaired) electrons. The van der Waals surface area contributed by atoms with E-state index < -0.39 is 0 Å². The smallest absolute Gasteiger partial charge is 0.169 e. The average Bonchev–Trinajstić information content (AvgIpc) is 2.96. The molecular formula is C13H9NO2S. The third-order valence-electron chi connectivity index (χ3n) is 2.17. The van der Waals surface area contributed by atoms with Crippen molar-refractivity contribution in [1.82, 2.24) is 0 Å². The molecule has 0 unspecified atom stereocenters. The molecule has 0 bridgehead atoms. The summed E-state index contributed by atoms with van der Waals surface area (Å²) in [5, 5.41) is 9.09. The molecule has 0 aliphatic carbocycles. The van der Waals surface area contributed by atoms with Crippen molar-refractivity contribution in [3.05, 3.63) is 46.0 Å². The second kappa shape index (κ2) is 4.81. The fraction of sp³-hybridized carbons (Fsp3) is 0.0769. The van der Waals surface area contributed by atoms with Gasteiger partial charge >= 0.3 is 0 Å². The summed E-state index contributed by atoms with van der Waals surface area (Å²) in [5.41, 5.74) is 0.498. The highest BCUT2D eigenvalue weighted by molar-refractivity contribution is 7.15. The number of ketones is 1. The van der Waals surface area contributed by atoms with Crippen molar-refractivity contribution >= 4 is 28.8 Å². The minimum Gasteiger partial charge on any atom is -0.465 e. The Bertz CT molecular complexity index is 600. The van der Waals surface area contributed by atoms with Gasteiger partial charge in [0.05, 0.1) is 16.7 Å². The van der Waals surface area contributed by atoms with Gasteiger partial charge in [-0.15, -0.1) is 11.3 Å². The van der Waals surface area contributed by atoms with Crippen LogP contribution in [0.15, 0.2) is 34.9 Å². The van der Waals surface area contributed by atoms with E-state index in [0.29, 0.717) is 16.2 Å². The minimum absolute atomic E-state index is 0.0107. The molecule has 0 saturated heterocycles. The number of hydrogen-bond donors (Lipinski definition) is 0. The standard InChI is InChI=1S/C13H9NO2S/c1-9(15)12-4-5-13(17-12)10(8-14)7-11-3-2-6-16-11/h2-7H,1H3. The first-order valence-electron chi connectivity index (χ1n) is 4.97. The van der Waals surface area contributed by atoms with Crippen molar-refractivity contribution in [1.29, 1.82) is 5.26 Å². The number of thiophene rings is 1. The summed E-state index contributed by atoms with van der Waals surface area (Å²) in [6.45, 7) is 1.51. The number of hydrogen-bond acceptors (Lipinski definition) is 4. The fourth-order valence-electron chi connectivity index (χ4n) is 1.35. The highest BCUT2D eigenvalue weighted by Crippen LogP contribution is 2.26. The van der Waals surface area contributed by atoms with Crippen molar-refractivity contribution in [3.63, 3.8) is 0 Å². The first kappa shape index (κ1) is 11.4. The van der Waals surface area contributed by atoms with Gasteiger partial charge in [0.2, 0.25) is 0 Å². The van der Waals surface area contributed by atoms with Crippen LogP contribution < -0.4 is 0 Å². The average molecular weight is 243 g/mol. The van der Waals surface area contributed by atoms with E-state index in [9.17, 15) is 4.79 Å². The van der Waals surface area contributed by atoms with Gasteiger partial charge in [0.1, 0.15) is 11.8 Å². The molecule has 84 valence electrons. The number of rotatable bonds is 3. The molecule has 0 atom stereocenters. The molecular weight excluding hydrogens is 234 g/mol. The lowest BCUT2D eigenvalue weighted by molar-refractivity contribution is 0.102. The van der Waals surface area contributed by atoms with Crippen LogP contribution in [0.2, 0.25) is 0 Å². The molecule has 17 heavy (non-hydrogen) atoms. The summed E-state index contributed by atoms with van der Waals surface area (Å²) in [6.07, 6.45) is 3.21. The molecule has 2 rings (SSSR count). The van der Waals surface area contributed by atoms with Crippen molar-refractivity contribution in [2.75, 3.05) is 0 Å². The van der Waals surface area contributed by atoms with E-state index >= 15 is 0 Å². The molecule has 0 saturated carbocycles. The molecule has 2 aromatic heterocycles. The maximum Gasteiger partial charge on any atom is 0.169 e. The molecule has 0 aromatic carbocycles. The lowest BCUT2D eigenvalue weighted by Gasteiger charge is -1.92. The molecule has 0 fully saturated rings. The minimum atomic E-state index is 0.0107. The van der Waals surface area contributed by atoms with E-state index in [1.54, 1.807) is 36.6 Å². The lowest BCUT2D eigenvalue weighted by atomic mass is 10.2. The zero-order valence-electron chi connectivity index (χ0n) is 9.14. The van der Waals surface area contributed by atoms with Gasteiger partial charge in [-0.2, -0.15) is 5.26 Å². The SMILES string of the molecule is CC(=O)c1ccc(C(C#N)=Cc2ccco2)s1. The number of carbonyl (C=O) groups is 1. The first-order chi connectivity index (χ1) is 8.20. The molecule has 0 N–H and O–H groups in total. The van der Waals surface area contributed by atoms with Crippen LogP contribution in [0.1, 0.15) is 27.2 Å². The Balaban J connectivity index is 2.36. The van der Waals surface area contributed by atoms with E-state index in [2.05, 4.69) is 6.07 Å². The topological polar surface area (TPSA) is 54.0 Å². The molecule has 2 heterocycles. The van der Waals surface area contributed by atoms with Gasteiger partial charge < -0.3 is 4.42 Å². The Morgan fingerprint density at radius 2 is 2.18 bits per heavy atom. The molecule has 4 heteroatoms. The van der Waals surface area contributed by atoms with Crippen molar-refractivity contribution in [2.24, 2.45) is 0 Å². The number of furan rings is 1. The van der Waals surface area contributed by atoms with Gasteiger partial charge in [-0.1, -0.05) is 0 Å². The van der Waals surface area contributed by atoms with Crippen LogP contribution in [0.25, 0.3) is 11.6 Å². The maximum atomic E-state index is 11.2. The van der Waals surface area contributed by atoms with E-state index in [1.165, 1.54) is 18.3 Å². The van der Waals surface area contributed by atoms with Crippen LogP contribution in [-0.4, -0.2) is 5.78 Å². The van der Waals surface area contributed by atoms with Gasteiger partial charge in [-0.05, 0) is 37.3 Å². The lowest BCUT2D eigenvalue weighted by Crippen LogP contribution is -1.83. The van der Waals surface area contributed by atoms with Gasteiger partial charge in [0.15, 0.2) is 5.78 Å². The summed E-state index contributed by atoms with van der Waals surface area (Å²) in [5.74, 6) is 0.635. The summed E-state index contributed by atoms with van der Waals surface area (Å²) in [7, 11) is 0. The Labute approximate surface area is 103 Å². The largest absolute Gasteiger partial charge is 0.465 e. The maximum absolute atomic E-state index is 11.2. The van der Waals surface area contributed by atoms with Gasteiger partial charge in [-0.25, -0.2) is 0 Å². The third kappa shape index (κ3) is 2.52. The van der Waals surface area contributed by atoms with Crippen LogP contribution in [0, 0.1) is 11.3 Å². The van der Waals surface area contributed by atoms with E-state index in [1.807, 2.05) is 0 Å². The van der Waals surface area contributed by atoms with Gasteiger partial charge in [-0.3, -0.25) is 4.79 Å². The fourth-order valence-corrected chi connectivity index (χ4v) is 2.21. The second-order valence-electron chi connectivity index (χ2n) is 3.41. The summed E-state index contributed by atoms with van der Waals surface area (Å²) >= 11 is 1.31. The normalized spacial score (nSPS) is 11.2. The molecule has 0 aliphatic heterocycles. The van der Waals surface area contributed by atoms with Crippen LogP contribution >= 0.6 is 11.3 Å². The number of nitrogens with zero attached hydrogens (tertiary/aromatic N) is 1. The summed E-state index contributed by atoms with van der Waals surface area (Å²) < 4.78 is 5.15. The van der Waals surface area contributed by atoms with Gasteiger partial charge in [0, 0.05) is 4.88 Å². The van der Waals surface area contributed by atoms with Crippen LogP contribution in [0.4, 0.5) is 0 Å². The van der Waals surface area contributed by atoms with E-state index in [-0.39, 0.29) is 5.78 Å². The van der Waals surface area contributed by atoms with Gasteiger partial charge in [0.25, 0.3) is 0 Å². The van der Waals surface area contributed by atoms with Crippen molar-refractivity contribution in [3.8, 4) is 6.07 Å². The number of Topliss-reactive ketones (excluding diaryl/α,β-unsaturated/α-hetero) is 1. The van der Waals surface area contributed by atoms with Crippen molar-refractivity contribution < 1.29 is 9.21 Å². The number of nitriles is 1. The highest BCUT2D eigenvalue weighted by atomic mass is 32.1. The quantitative estimate of drug-likeness (QED) is 0.611. The van der Waals surface area contributed by atoms with E-state index in [4.69, 9.17) is 9.68 Å². The zero-order valence-corrected chi connectivity index (χ0v) is 9.95. The zero-order chi connectivity index (χ0) is 12.3. The molecule has 2 aromatic rings. The molecule has 0 spiro atoms. The van der Waals surface area contributed by atoms with Crippen LogP contribution in [0.3, 0.4) is 0 Å². The number of allylic oxidation sites excluding steroid dienone is 1. The van der Waals surface area contributed by atoms with Crippen LogP contribution in [-0.2, 0) is 0 Å². The van der Waals surface area contributed by atoms with Crippen LogP contribution in [0.5, 0.6) is 0 Å². The Morgan fingerprint density at radius 3 is 2.71 bits per heavy atom. The summed E-state index contributed by atoms with van der Waals surface area (Å²) in [6, 6.07) is 9.15. The predicted octanol–water partition coefficient (Wildman–Crippen LogP) is 3.61. The summed E-state index contributed by atoms with van der Waals surface area (Å²) in [4.78, 5) is 12.6. The Morgan fingerprint density at radius 1 is 1.41 bits per heavy atom. The first-order valence-corrected chi connectivity index (χ1v) is 5.79.